The number of ether oxygens (including phenoxy) is 1. The van der Waals surface area contributed by atoms with Crippen molar-refractivity contribution in [2.75, 3.05) is 19.8 Å². The zero-order valence-corrected chi connectivity index (χ0v) is 8.71. The molecule has 2 amide bonds. The minimum atomic E-state index is -0.291. The summed E-state index contributed by atoms with van der Waals surface area (Å²) in [5.74, 6) is 0.408. The van der Waals surface area contributed by atoms with E-state index in [1.165, 1.54) is 0 Å². The molecule has 0 bridgehead atoms. The highest BCUT2D eigenvalue weighted by Gasteiger charge is 2.17. The van der Waals surface area contributed by atoms with Crippen molar-refractivity contribution in [3.05, 3.63) is 0 Å². The molecule has 1 aliphatic rings. The minimum Gasteiger partial charge on any atom is -0.379 e. The van der Waals surface area contributed by atoms with E-state index >= 15 is 0 Å². The maximum Gasteiger partial charge on any atom is 0.339 e. The number of carbonyl (C=O) groups excluding carboxylic acids is 1. The topological polar surface area (TPSA) is 59.6 Å². The quantitative estimate of drug-likeness (QED) is 0.658. The Hall–Kier alpha value is -0.810. The predicted octanol–water partition coefficient (Wildman–Crippen LogP) is 0.662. The molecule has 14 heavy (non-hydrogen) atoms. The second kappa shape index (κ2) is 5.82. The molecule has 1 fully saturated rings. The Morgan fingerprint density at radius 2 is 2.43 bits per heavy atom. The maximum absolute atomic E-state index is 11.2. The van der Waals surface area contributed by atoms with Crippen molar-refractivity contribution in [3.63, 3.8) is 0 Å². The molecule has 5 nitrogen and oxygen atoms in total. The van der Waals surface area contributed by atoms with Crippen LogP contribution in [0.5, 0.6) is 0 Å². The van der Waals surface area contributed by atoms with Gasteiger partial charge in [0.05, 0.1) is 19.3 Å². The number of hydroxylamine groups is 1. The Bertz CT molecular complexity index is 179. The summed E-state index contributed by atoms with van der Waals surface area (Å²) < 4.78 is 5.12. The van der Waals surface area contributed by atoms with Crippen molar-refractivity contribution in [2.45, 2.75) is 26.3 Å². The fraction of sp³-hybridized carbons (Fsp3) is 0.889. The molecule has 1 aliphatic heterocycles. The van der Waals surface area contributed by atoms with Gasteiger partial charge in [-0.1, -0.05) is 13.8 Å². The van der Waals surface area contributed by atoms with Gasteiger partial charge in [-0.15, -0.1) is 0 Å². The molecule has 1 heterocycles. The number of hydrogen-bond acceptors (Lipinski definition) is 3. The van der Waals surface area contributed by atoms with Gasteiger partial charge in [-0.2, -0.15) is 0 Å². The second-order valence-corrected chi connectivity index (χ2v) is 3.84. The fourth-order valence-electron chi connectivity index (χ4n) is 1.14. The normalized spacial score (nSPS) is 21.2. The molecule has 0 radical (unpaired) electrons. The third-order valence-electron chi connectivity index (χ3n) is 1.85. The zero-order valence-electron chi connectivity index (χ0n) is 8.71. The molecule has 0 aromatic heterocycles. The number of urea groups is 1. The maximum atomic E-state index is 11.2. The van der Waals surface area contributed by atoms with Crippen molar-refractivity contribution in [3.8, 4) is 0 Å². The number of nitrogens with one attached hydrogen (secondary N) is 2. The van der Waals surface area contributed by atoms with Crippen LogP contribution >= 0.6 is 0 Å². The monoisotopic (exact) mass is 202 g/mol. The van der Waals surface area contributed by atoms with Crippen LogP contribution in [-0.2, 0) is 9.57 Å². The minimum absolute atomic E-state index is 0.123. The number of hydrogen-bond donors (Lipinski definition) is 2. The van der Waals surface area contributed by atoms with Gasteiger partial charge in [-0.3, -0.25) is 4.84 Å². The SMILES string of the molecule is CC(C)CONC(=O)NC1CCOC1. The van der Waals surface area contributed by atoms with Gasteiger partial charge >= 0.3 is 6.03 Å². The first-order valence-corrected chi connectivity index (χ1v) is 4.94. The molecule has 1 rings (SSSR count). The Labute approximate surface area is 84.1 Å². The first kappa shape index (κ1) is 11.3. The van der Waals surface area contributed by atoms with E-state index in [-0.39, 0.29) is 12.1 Å². The summed E-state index contributed by atoms with van der Waals surface area (Å²) >= 11 is 0. The zero-order chi connectivity index (χ0) is 10.4. The van der Waals surface area contributed by atoms with Crippen LogP contribution in [-0.4, -0.2) is 31.9 Å². The standard InChI is InChI=1S/C9H18N2O3/c1-7(2)5-14-11-9(12)10-8-3-4-13-6-8/h7-8H,3-6H2,1-2H3,(H2,10,11,12). The molecule has 2 N–H and O–H groups in total. The summed E-state index contributed by atoms with van der Waals surface area (Å²) in [5.41, 5.74) is 2.34. The van der Waals surface area contributed by atoms with Crippen molar-refractivity contribution in [1.29, 1.82) is 0 Å². The first-order valence-electron chi connectivity index (χ1n) is 4.94. The summed E-state index contributed by atoms with van der Waals surface area (Å²) in [5, 5.41) is 2.75. The van der Waals surface area contributed by atoms with Crippen molar-refractivity contribution in [2.24, 2.45) is 5.92 Å². The molecule has 0 aromatic carbocycles. The highest BCUT2D eigenvalue weighted by molar-refractivity contribution is 5.73. The van der Waals surface area contributed by atoms with Crippen LogP contribution < -0.4 is 10.8 Å². The van der Waals surface area contributed by atoms with Crippen LogP contribution in [0.3, 0.4) is 0 Å². The lowest BCUT2D eigenvalue weighted by Gasteiger charge is -2.12. The highest BCUT2D eigenvalue weighted by Crippen LogP contribution is 2.02. The lowest BCUT2D eigenvalue weighted by Crippen LogP contribution is -2.42. The van der Waals surface area contributed by atoms with E-state index in [1.54, 1.807) is 0 Å². The van der Waals surface area contributed by atoms with Gasteiger partial charge in [-0.25, -0.2) is 10.3 Å². The van der Waals surface area contributed by atoms with E-state index < -0.39 is 0 Å². The Morgan fingerprint density at radius 1 is 1.64 bits per heavy atom. The Balaban J connectivity index is 2.03. The lowest BCUT2D eigenvalue weighted by atomic mass is 10.2. The number of carbonyl (C=O) groups is 1. The van der Waals surface area contributed by atoms with Gasteiger partial charge in [-0.05, 0) is 12.3 Å². The van der Waals surface area contributed by atoms with Crippen LogP contribution in [0.1, 0.15) is 20.3 Å². The summed E-state index contributed by atoms with van der Waals surface area (Å²) in [6.07, 6.45) is 0.873. The second-order valence-electron chi connectivity index (χ2n) is 3.84. The van der Waals surface area contributed by atoms with E-state index in [0.29, 0.717) is 19.1 Å². The van der Waals surface area contributed by atoms with Crippen molar-refractivity contribution < 1.29 is 14.4 Å². The third-order valence-corrected chi connectivity index (χ3v) is 1.85. The molecule has 82 valence electrons. The molecule has 0 aliphatic carbocycles. The Morgan fingerprint density at radius 3 is 3.00 bits per heavy atom. The molecular formula is C9H18N2O3. The van der Waals surface area contributed by atoms with Gasteiger partial charge in [0.15, 0.2) is 0 Å². The van der Waals surface area contributed by atoms with Gasteiger partial charge < -0.3 is 10.1 Å². The van der Waals surface area contributed by atoms with Crippen molar-refractivity contribution in [1.82, 2.24) is 10.8 Å². The van der Waals surface area contributed by atoms with E-state index in [0.717, 1.165) is 13.0 Å². The molecule has 5 heteroatoms. The molecule has 0 spiro atoms. The summed E-state index contributed by atoms with van der Waals surface area (Å²) in [7, 11) is 0. The molecule has 1 saturated heterocycles. The molecule has 1 unspecified atom stereocenters. The first-order chi connectivity index (χ1) is 6.68. The smallest absolute Gasteiger partial charge is 0.339 e. The van der Waals surface area contributed by atoms with E-state index in [2.05, 4.69) is 10.8 Å². The Kier molecular flexibility index (Phi) is 4.69. The van der Waals surface area contributed by atoms with Gasteiger partial charge in [0.25, 0.3) is 0 Å². The average Bonchev–Trinajstić information content (AvgIpc) is 2.56. The van der Waals surface area contributed by atoms with Crippen LogP contribution in [0.4, 0.5) is 4.79 Å². The molecular weight excluding hydrogens is 184 g/mol. The van der Waals surface area contributed by atoms with Crippen LogP contribution in [0, 0.1) is 5.92 Å². The third kappa shape index (κ3) is 4.43. The van der Waals surface area contributed by atoms with E-state index in [9.17, 15) is 4.79 Å². The number of rotatable bonds is 4. The van der Waals surface area contributed by atoms with E-state index in [4.69, 9.17) is 9.57 Å². The fourth-order valence-corrected chi connectivity index (χ4v) is 1.14. The van der Waals surface area contributed by atoms with Gasteiger partial charge in [0.1, 0.15) is 0 Å². The van der Waals surface area contributed by atoms with Crippen molar-refractivity contribution >= 4 is 6.03 Å². The lowest BCUT2D eigenvalue weighted by molar-refractivity contribution is 0.0430. The predicted molar refractivity (Wildman–Crippen MR) is 51.7 cm³/mol. The molecule has 0 aromatic rings. The van der Waals surface area contributed by atoms with Gasteiger partial charge in [0, 0.05) is 6.61 Å². The van der Waals surface area contributed by atoms with E-state index in [1.807, 2.05) is 13.8 Å². The van der Waals surface area contributed by atoms with Gasteiger partial charge in [0.2, 0.25) is 0 Å². The number of amides is 2. The molecule has 1 atom stereocenters. The van der Waals surface area contributed by atoms with Crippen LogP contribution in [0.2, 0.25) is 0 Å². The largest absolute Gasteiger partial charge is 0.379 e. The summed E-state index contributed by atoms with van der Waals surface area (Å²) in [6.45, 7) is 5.87. The summed E-state index contributed by atoms with van der Waals surface area (Å²) in [4.78, 5) is 16.1. The van der Waals surface area contributed by atoms with Crippen LogP contribution in [0.25, 0.3) is 0 Å². The highest BCUT2D eigenvalue weighted by atomic mass is 16.7. The molecule has 0 saturated carbocycles. The van der Waals surface area contributed by atoms with Crippen LogP contribution in [0.15, 0.2) is 0 Å². The summed E-state index contributed by atoms with van der Waals surface area (Å²) in [6, 6.07) is -0.168. The average molecular weight is 202 g/mol.